The Morgan fingerprint density at radius 3 is 2.71 bits per heavy atom. The first-order valence-corrected chi connectivity index (χ1v) is 4.27. The molecule has 0 spiro atoms. The largest absolute Gasteiger partial charge is 0.489 e. The Morgan fingerprint density at radius 2 is 2.14 bits per heavy atom. The molecular formula is C9H9ClO4. The van der Waals surface area contributed by atoms with Gasteiger partial charge in [-0.05, 0) is 12.1 Å². The second-order valence-corrected chi connectivity index (χ2v) is 3.00. The SMILES string of the molecule is O=C(O)[C@H](O)COc1ccccc1Cl. The van der Waals surface area contributed by atoms with Crippen molar-refractivity contribution in [2.75, 3.05) is 6.61 Å². The monoisotopic (exact) mass is 216 g/mol. The lowest BCUT2D eigenvalue weighted by molar-refractivity contribution is -0.148. The lowest BCUT2D eigenvalue weighted by Crippen LogP contribution is -2.26. The van der Waals surface area contributed by atoms with Gasteiger partial charge in [0, 0.05) is 0 Å². The Balaban J connectivity index is 2.54. The number of para-hydroxylation sites is 1. The Hall–Kier alpha value is -1.26. The van der Waals surface area contributed by atoms with Gasteiger partial charge in [-0.3, -0.25) is 0 Å². The molecule has 0 amide bonds. The van der Waals surface area contributed by atoms with Crippen molar-refractivity contribution in [1.29, 1.82) is 0 Å². The molecule has 14 heavy (non-hydrogen) atoms. The summed E-state index contributed by atoms with van der Waals surface area (Å²) in [5.74, 6) is -0.966. The highest BCUT2D eigenvalue weighted by molar-refractivity contribution is 6.32. The van der Waals surface area contributed by atoms with Crippen LogP contribution in [0.1, 0.15) is 0 Å². The first-order valence-electron chi connectivity index (χ1n) is 3.89. The van der Waals surface area contributed by atoms with Gasteiger partial charge in [0.2, 0.25) is 0 Å². The summed E-state index contributed by atoms with van der Waals surface area (Å²) in [5, 5.41) is 17.7. The number of carbonyl (C=O) groups is 1. The molecule has 0 unspecified atom stereocenters. The predicted molar refractivity (Wildman–Crippen MR) is 50.6 cm³/mol. The van der Waals surface area contributed by atoms with Crippen LogP contribution in [0.5, 0.6) is 5.75 Å². The molecule has 0 aliphatic carbocycles. The van der Waals surface area contributed by atoms with Gasteiger partial charge in [-0.25, -0.2) is 4.79 Å². The number of carboxylic acids is 1. The Labute approximate surface area is 85.7 Å². The van der Waals surface area contributed by atoms with Gasteiger partial charge >= 0.3 is 5.97 Å². The summed E-state index contributed by atoms with van der Waals surface area (Å²) in [7, 11) is 0. The van der Waals surface area contributed by atoms with Gasteiger partial charge in [-0.15, -0.1) is 0 Å². The van der Waals surface area contributed by atoms with Crippen molar-refractivity contribution in [3.05, 3.63) is 29.3 Å². The van der Waals surface area contributed by atoms with E-state index in [4.69, 9.17) is 26.6 Å². The van der Waals surface area contributed by atoms with Crippen molar-refractivity contribution in [1.82, 2.24) is 0 Å². The summed E-state index contributed by atoms with van der Waals surface area (Å²) in [6, 6.07) is 6.64. The number of carboxylic acid groups (broad SMARTS) is 1. The van der Waals surface area contributed by atoms with Crippen LogP contribution in [0.4, 0.5) is 0 Å². The van der Waals surface area contributed by atoms with E-state index in [0.717, 1.165) is 0 Å². The van der Waals surface area contributed by atoms with Crippen LogP contribution in [-0.4, -0.2) is 28.9 Å². The fraction of sp³-hybridized carbons (Fsp3) is 0.222. The maximum Gasteiger partial charge on any atom is 0.336 e. The molecule has 0 radical (unpaired) electrons. The summed E-state index contributed by atoms with van der Waals surface area (Å²) >= 11 is 5.73. The van der Waals surface area contributed by atoms with Gasteiger partial charge in [0.25, 0.3) is 0 Å². The van der Waals surface area contributed by atoms with E-state index in [0.29, 0.717) is 10.8 Å². The molecule has 1 rings (SSSR count). The van der Waals surface area contributed by atoms with E-state index in [-0.39, 0.29) is 6.61 Å². The maximum atomic E-state index is 10.2. The van der Waals surface area contributed by atoms with Crippen molar-refractivity contribution in [3.63, 3.8) is 0 Å². The molecule has 0 aromatic heterocycles. The van der Waals surface area contributed by atoms with Gasteiger partial charge in [0.15, 0.2) is 6.10 Å². The molecule has 5 heteroatoms. The minimum atomic E-state index is -1.54. The lowest BCUT2D eigenvalue weighted by atomic mass is 10.3. The Bertz CT molecular complexity index is 326. The van der Waals surface area contributed by atoms with Crippen LogP contribution in [0.3, 0.4) is 0 Å². The van der Waals surface area contributed by atoms with Gasteiger partial charge in [-0.1, -0.05) is 23.7 Å². The van der Waals surface area contributed by atoms with Crippen LogP contribution in [0.2, 0.25) is 5.02 Å². The number of hydrogen-bond acceptors (Lipinski definition) is 3. The van der Waals surface area contributed by atoms with Crippen LogP contribution in [-0.2, 0) is 4.79 Å². The molecule has 0 saturated carbocycles. The molecule has 1 atom stereocenters. The summed E-state index contributed by atoms with van der Waals surface area (Å²) < 4.78 is 5.00. The number of ether oxygens (including phenoxy) is 1. The average Bonchev–Trinajstić information content (AvgIpc) is 2.16. The van der Waals surface area contributed by atoms with E-state index in [2.05, 4.69) is 0 Å². The van der Waals surface area contributed by atoms with Crippen LogP contribution in [0.25, 0.3) is 0 Å². The van der Waals surface area contributed by atoms with Crippen LogP contribution < -0.4 is 4.74 Å². The molecule has 1 aromatic rings. The van der Waals surface area contributed by atoms with E-state index in [1.807, 2.05) is 0 Å². The molecule has 2 N–H and O–H groups in total. The highest BCUT2D eigenvalue weighted by Crippen LogP contribution is 2.22. The summed E-state index contributed by atoms with van der Waals surface area (Å²) in [6.45, 7) is -0.320. The van der Waals surface area contributed by atoms with Crippen molar-refractivity contribution in [3.8, 4) is 5.75 Å². The zero-order valence-electron chi connectivity index (χ0n) is 7.18. The Morgan fingerprint density at radius 1 is 1.50 bits per heavy atom. The summed E-state index contributed by atoms with van der Waals surface area (Å²) in [4.78, 5) is 10.2. The number of benzene rings is 1. The number of aliphatic hydroxyl groups excluding tert-OH is 1. The number of halogens is 1. The van der Waals surface area contributed by atoms with E-state index < -0.39 is 12.1 Å². The third-order valence-corrected chi connectivity index (χ3v) is 1.83. The lowest BCUT2D eigenvalue weighted by Gasteiger charge is -2.09. The van der Waals surface area contributed by atoms with Crippen molar-refractivity contribution in [2.24, 2.45) is 0 Å². The highest BCUT2D eigenvalue weighted by Gasteiger charge is 2.14. The Kier molecular flexibility index (Phi) is 3.73. The molecule has 0 fully saturated rings. The predicted octanol–water partition coefficient (Wildman–Crippen LogP) is 1.16. The van der Waals surface area contributed by atoms with E-state index >= 15 is 0 Å². The molecule has 0 heterocycles. The summed E-state index contributed by atoms with van der Waals surface area (Å²) in [5.41, 5.74) is 0. The second-order valence-electron chi connectivity index (χ2n) is 2.60. The number of aliphatic carboxylic acids is 1. The fourth-order valence-electron chi connectivity index (χ4n) is 0.802. The molecule has 4 nitrogen and oxygen atoms in total. The third kappa shape index (κ3) is 2.90. The summed E-state index contributed by atoms with van der Waals surface area (Å²) in [6.07, 6.45) is -1.54. The quantitative estimate of drug-likeness (QED) is 0.793. The zero-order valence-corrected chi connectivity index (χ0v) is 7.94. The smallest absolute Gasteiger partial charge is 0.336 e. The molecular weight excluding hydrogens is 208 g/mol. The van der Waals surface area contributed by atoms with Crippen LogP contribution in [0.15, 0.2) is 24.3 Å². The van der Waals surface area contributed by atoms with Gasteiger partial charge in [0.1, 0.15) is 12.4 Å². The van der Waals surface area contributed by atoms with Gasteiger partial charge in [0.05, 0.1) is 5.02 Å². The standard InChI is InChI=1S/C9H9ClO4/c10-6-3-1-2-4-8(6)14-5-7(11)9(12)13/h1-4,7,11H,5H2,(H,12,13)/t7-/m1/s1. The number of rotatable bonds is 4. The third-order valence-electron chi connectivity index (χ3n) is 1.52. The van der Waals surface area contributed by atoms with Crippen molar-refractivity contribution < 1.29 is 19.7 Å². The van der Waals surface area contributed by atoms with E-state index in [1.165, 1.54) is 0 Å². The highest BCUT2D eigenvalue weighted by atomic mass is 35.5. The fourth-order valence-corrected chi connectivity index (χ4v) is 0.992. The van der Waals surface area contributed by atoms with Gasteiger partial charge < -0.3 is 14.9 Å². The normalized spacial score (nSPS) is 12.1. The molecule has 0 aliphatic rings. The topological polar surface area (TPSA) is 66.8 Å². The maximum absolute atomic E-state index is 10.2. The van der Waals surface area contributed by atoms with Crippen LogP contribution >= 0.6 is 11.6 Å². The minimum Gasteiger partial charge on any atom is -0.489 e. The van der Waals surface area contributed by atoms with E-state index in [9.17, 15) is 4.79 Å². The van der Waals surface area contributed by atoms with Crippen molar-refractivity contribution >= 4 is 17.6 Å². The number of aliphatic hydroxyl groups is 1. The second kappa shape index (κ2) is 4.83. The van der Waals surface area contributed by atoms with Gasteiger partial charge in [-0.2, -0.15) is 0 Å². The zero-order chi connectivity index (χ0) is 10.6. The first-order chi connectivity index (χ1) is 6.61. The number of hydrogen-bond donors (Lipinski definition) is 2. The minimum absolute atomic E-state index is 0.320. The first kappa shape index (κ1) is 10.8. The molecule has 0 bridgehead atoms. The van der Waals surface area contributed by atoms with E-state index in [1.54, 1.807) is 24.3 Å². The van der Waals surface area contributed by atoms with Crippen molar-refractivity contribution in [2.45, 2.75) is 6.10 Å². The average molecular weight is 217 g/mol. The molecule has 0 saturated heterocycles. The molecule has 76 valence electrons. The molecule has 1 aromatic carbocycles. The molecule has 0 aliphatic heterocycles. The van der Waals surface area contributed by atoms with Crippen LogP contribution in [0, 0.1) is 0 Å².